The van der Waals surface area contributed by atoms with E-state index in [1.165, 1.54) is 24.1 Å². The molecule has 4 nitrogen and oxygen atoms in total. The predicted octanol–water partition coefficient (Wildman–Crippen LogP) is 2.74. The first-order chi connectivity index (χ1) is 9.10. The number of nitrogens with zero attached hydrogens (tertiary/aromatic N) is 2. The summed E-state index contributed by atoms with van der Waals surface area (Å²) >= 11 is 1.70. The van der Waals surface area contributed by atoms with Crippen molar-refractivity contribution in [3.63, 3.8) is 0 Å². The largest absolute Gasteiger partial charge is 0.480 e. The Morgan fingerprint density at radius 1 is 1.42 bits per heavy atom. The SMILES string of the molecule is COc1nc(N(C)C)sc1CNCC1CCC(C)C1. The molecule has 0 amide bonds. The molecule has 0 aromatic carbocycles. The average Bonchev–Trinajstić information content (AvgIpc) is 2.96. The van der Waals surface area contributed by atoms with Gasteiger partial charge < -0.3 is 15.0 Å². The number of aromatic nitrogens is 1. The molecule has 19 heavy (non-hydrogen) atoms. The molecule has 1 aliphatic rings. The molecule has 1 saturated carbocycles. The van der Waals surface area contributed by atoms with E-state index in [9.17, 15) is 0 Å². The molecular weight excluding hydrogens is 258 g/mol. The van der Waals surface area contributed by atoms with Gasteiger partial charge in [-0.3, -0.25) is 0 Å². The van der Waals surface area contributed by atoms with Gasteiger partial charge in [-0.2, -0.15) is 4.98 Å². The van der Waals surface area contributed by atoms with Crippen molar-refractivity contribution >= 4 is 16.5 Å². The Labute approximate surface area is 120 Å². The molecule has 0 radical (unpaired) electrons. The van der Waals surface area contributed by atoms with Gasteiger partial charge in [-0.15, -0.1) is 0 Å². The molecule has 5 heteroatoms. The van der Waals surface area contributed by atoms with Crippen molar-refractivity contribution < 1.29 is 4.74 Å². The van der Waals surface area contributed by atoms with Crippen LogP contribution in [-0.2, 0) is 6.54 Å². The lowest BCUT2D eigenvalue weighted by Crippen LogP contribution is -2.20. The lowest BCUT2D eigenvalue weighted by Gasteiger charge is -2.10. The highest BCUT2D eigenvalue weighted by Crippen LogP contribution is 2.31. The van der Waals surface area contributed by atoms with Crippen LogP contribution in [0.1, 0.15) is 31.1 Å². The van der Waals surface area contributed by atoms with E-state index in [2.05, 4.69) is 17.2 Å². The number of methoxy groups -OCH3 is 1. The maximum absolute atomic E-state index is 5.35. The first-order valence-electron chi connectivity index (χ1n) is 7.02. The van der Waals surface area contributed by atoms with Gasteiger partial charge in [-0.25, -0.2) is 0 Å². The molecule has 0 aliphatic heterocycles. The molecule has 1 N–H and O–H groups in total. The summed E-state index contributed by atoms with van der Waals surface area (Å²) in [6, 6.07) is 0. The molecule has 0 saturated heterocycles. The lowest BCUT2D eigenvalue weighted by molar-refractivity contribution is 0.393. The van der Waals surface area contributed by atoms with Crippen LogP contribution in [-0.4, -0.2) is 32.7 Å². The Balaban J connectivity index is 1.84. The molecule has 1 fully saturated rings. The molecule has 0 spiro atoms. The van der Waals surface area contributed by atoms with Crippen molar-refractivity contribution in [3.05, 3.63) is 4.88 Å². The van der Waals surface area contributed by atoms with Crippen molar-refractivity contribution in [2.75, 3.05) is 32.6 Å². The number of ether oxygens (including phenoxy) is 1. The molecule has 2 rings (SSSR count). The smallest absolute Gasteiger partial charge is 0.230 e. The monoisotopic (exact) mass is 283 g/mol. The van der Waals surface area contributed by atoms with Crippen molar-refractivity contribution in [3.8, 4) is 5.88 Å². The fourth-order valence-electron chi connectivity index (χ4n) is 2.69. The first kappa shape index (κ1) is 14.6. The number of hydrogen-bond donors (Lipinski definition) is 1. The molecule has 2 atom stereocenters. The summed E-state index contributed by atoms with van der Waals surface area (Å²) in [5.41, 5.74) is 0. The normalized spacial score (nSPS) is 22.7. The van der Waals surface area contributed by atoms with Crippen LogP contribution < -0.4 is 15.0 Å². The van der Waals surface area contributed by atoms with Crippen LogP contribution in [0.25, 0.3) is 0 Å². The zero-order chi connectivity index (χ0) is 13.8. The summed E-state index contributed by atoms with van der Waals surface area (Å²) in [4.78, 5) is 7.69. The molecule has 108 valence electrons. The molecule has 0 bridgehead atoms. The van der Waals surface area contributed by atoms with Crippen LogP contribution in [0.2, 0.25) is 0 Å². The Bertz CT molecular complexity index is 405. The third kappa shape index (κ3) is 3.83. The van der Waals surface area contributed by atoms with E-state index >= 15 is 0 Å². The van der Waals surface area contributed by atoms with E-state index in [-0.39, 0.29) is 0 Å². The lowest BCUT2D eigenvalue weighted by atomic mass is 10.1. The minimum Gasteiger partial charge on any atom is -0.480 e. The van der Waals surface area contributed by atoms with Gasteiger partial charge in [0, 0.05) is 20.6 Å². The van der Waals surface area contributed by atoms with Gasteiger partial charge in [0.05, 0.1) is 12.0 Å². The van der Waals surface area contributed by atoms with Crippen LogP contribution in [0.5, 0.6) is 5.88 Å². The van der Waals surface area contributed by atoms with Crippen molar-refractivity contribution in [2.24, 2.45) is 11.8 Å². The number of thiazole rings is 1. The molecule has 1 aromatic rings. The van der Waals surface area contributed by atoms with Crippen LogP contribution >= 0.6 is 11.3 Å². The highest BCUT2D eigenvalue weighted by molar-refractivity contribution is 7.15. The van der Waals surface area contributed by atoms with Crippen LogP contribution in [0.3, 0.4) is 0 Å². The quantitative estimate of drug-likeness (QED) is 0.871. The Morgan fingerprint density at radius 3 is 2.79 bits per heavy atom. The first-order valence-corrected chi connectivity index (χ1v) is 7.83. The molecule has 1 heterocycles. The summed E-state index contributed by atoms with van der Waals surface area (Å²) < 4.78 is 5.35. The molecule has 2 unspecified atom stereocenters. The van der Waals surface area contributed by atoms with Crippen LogP contribution in [0, 0.1) is 11.8 Å². The number of nitrogens with one attached hydrogen (secondary N) is 1. The van der Waals surface area contributed by atoms with E-state index in [0.29, 0.717) is 0 Å². The fourth-order valence-corrected chi connectivity index (χ4v) is 3.61. The van der Waals surface area contributed by atoms with Gasteiger partial charge in [0.1, 0.15) is 0 Å². The fraction of sp³-hybridized carbons (Fsp3) is 0.786. The second-order valence-electron chi connectivity index (χ2n) is 5.74. The summed E-state index contributed by atoms with van der Waals surface area (Å²) in [7, 11) is 5.71. The maximum Gasteiger partial charge on any atom is 0.230 e. The van der Waals surface area contributed by atoms with Gasteiger partial charge in [-0.05, 0) is 31.2 Å². The Kier molecular flexibility index (Phi) is 5.05. The van der Waals surface area contributed by atoms with Crippen molar-refractivity contribution in [1.82, 2.24) is 10.3 Å². The summed E-state index contributed by atoms with van der Waals surface area (Å²) in [5.74, 6) is 2.52. The molecule has 1 aliphatic carbocycles. The van der Waals surface area contributed by atoms with E-state index < -0.39 is 0 Å². The van der Waals surface area contributed by atoms with E-state index in [1.54, 1.807) is 18.4 Å². The predicted molar refractivity (Wildman–Crippen MR) is 81.2 cm³/mol. The average molecular weight is 283 g/mol. The van der Waals surface area contributed by atoms with E-state index in [0.717, 1.165) is 35.9 Å². The number of rotatable bonds is 6. The standard InChI is InChI=1S/C14H25N3OS/c1-10-5-6-11(7-10)8-15-9-12-13(18-4)16-14(19-12)17(2)3/h10-11,15H,5-9H2,1-4H3. The highest BCUT2D eigenvalue weighted by atomic mass is 32.1. The second-order valence-corrected chi connectivity index (χ2v) is 6.80. The van der Waals surface area contributed by atoms with Crippen molar-refractivity contribution in [1.29, 1.82) is 0 Å². The van der Waals surface area contributed by atoms with Gasteiger partial charge in [0.2, 0.25) is 5.88 Å². The molecular formula is C14H25N3OS. The minimum atomic E-state index is 0.765. The highest BCUT2D eigenvalue weighted by Gasteiger charge is 2.21. The Hall–Kier alpha value is -0.810. The van der Waals surface area contributed by atoms with Gasteiger partial charge in [-0.1, -0.05) is 24.7 Å². The van der Waals surface area contributed by atoms with Crippen LogP contribution in [0.4, 0.5) is 5.13 Å². The van der Waals surface area contributed by atoms with Gasteiger partial charge >= 0.3 is 0 Å². The van der Waals surface area contributed by atoms with Crippen molar-refractivity contribution in [2.45, 2.75) is 32.7 Å². The second kappa shape index (κ2) is 6.57. The minimum absolute atomic E-state index is 0.765. The summed E-state index contributed by atoms with van der Waals surface area (Å²) in [6.45, 7) is 4.33. The Morgan fingerprint density at radius 2 is 2.21 bits per heavy atom. The van der Waals surface area contributed by atoms with E-state index in [1.807, 2.05) is 19.0 Å². The van der Waals surface area contributed by atoms with E-state index in [4.69, 9.17) is 4.74 Å². The zero-order valence-electron chi connectivity index (χ0n) is 12.4. The maximum atomic E-state index is 5.35. The third-order valence-electron chi connectivity index (χ3n) is 3.75. The van der Waals surface area contributed by atoms with Crippen LogP contribution in [0.15, 0.2) is 0 Å². The van der Waals surface area contributed by atoms with Gasteiger partial charge in [0.25, 0.3) is 0 Å². The third-order valence-corrected chi connectivity index (χ3v) is 4.95. The molecule has 1 aromatic heterocycles. The summed E-state index contributed by atoms with van der Waals surface area (Å²) in [5, 5.41) is 4.57. The number of hydrogen-bond acceptors (Lipinski definition) is 5. The zero-order valence-corrected chi connectivity index (χ0v) is 13.2. The summed E-state index contributed by atoms with van der Waals surface area (Å²) in [6.07, 6.45) is 4.13. The van der Waals surface area contributed by atoms with Gasteiger partial charge in [0.15, 0.2) is 5.13 Å². The topological polar surface area (TPSA) is 37.4 Å². The number of anilines is 1.